The Balaban J connectivity index is 2.44. The summed E-state index contributed by atoms with van der Waals surface area (Å²) in [6.45, 7) is 0. The summed E-state index contributed by atoms with van der Waals surface area (Å²) in [5, 5.41) is 0.658. The monoisotopic (exact) mass is 326 g/mol. The van der Waals surface area contributed by atoms with Gasteiger partial charge in [-0.1, -0.05) is 33.6 Å². The van der Waals surface area contributed by atoms with Crippen LogP contribution < -0.4 is 10.5 Å². The molecule has 2 aromatic rings. The van der Waals surface area contributed by atoms with Crippen LogP contribution >= 0.6 is 27.5 Å². The third-order valence-corrected chi connectivity index (χ3v) is 3.53. The summed E-state index contributed by atoms with van der Waals surface area (Å²) in [6.07, 6.45) is 1.70. The first-order chi connectivity index (χ1) is 8.63. The molecule has 0 fully saturated rings. The van der Waals surface area contributed by atoms with Crippen molar-refractivity contribution in [3.05, 3.63) is 57.3 Å². The number of halogens is 2. The molecule has 0 saturated carbocycles. The van der Waals surface area contributed by atoms with Crippen LogP contribution in [-0.4, -0.2) is 12.1 Å². The summed E-state index contributed by atoms with van der Waals surface area (Å²) < 4.78 is 6.12. The van der Waals surface area contributed by atoms with Crippen LogP contribution in [0.2, 0.25) is 5.02 Å². The fraction of sp³-hybridized carbons (Fsp3) is 0.154. The lowest BCUT2D eigenvalue weighted by Gasteiger charge is -2.16. The Labute approximate surface area is 119 Å². The lowest BCUT2D eigenvalue weighted by Crippen LogP contribution is -2.15. The molecule has 1 unspecified atom stereocenters. The molecule has 1 aromatic heterocycles. The highest BCUT2D eigenvalue weighted by Crippen LogP contribution is 2.31. The van der Waals surface area contributed by atoms with Gasteiger partial charge in [-0.15, -0.1) is 0 Å². The number of hydrogen-bond donors (Lipinski definition) is 1. The van der Waals surface area contributed by atoms with E-state index in [1.165, 1.54) is 0 Å². The van der Waals surface area contributed by atoms with Crippen molar-refractivity contribution in [2.75, 3.05) is 7.11 Å². The van der Waals surface area contributed by atoms with Gasteiger partial charge in [0.05, 0.1) is 13.2 Å². The molecule has 0 spiro atoms. The van der Waals surface area contributed by atoms with Crippen molar-refractivity contribution in [2.45, 2.75) is 6.04 Å². The number of aromatic nitrogens is 1. The zero-order chi connectivity index (χ0) is 13.1. The van der Waals surface area contributed by atoms with E-state index in [0.717, 1.165) is 10.0 Å². The minimum absolute atomic E-state index is 0.368. The number of benzene rings is 1. The minimum Gasteiger partial charge on any atom is -0.495 e. The van der Waals surface area contributed by atoms with E-state index >= 15 is 0 Å². The van der Waals surface area contributed by atoms with Gasteiger partial charge in [0, 0.05) is 15.7 Å². The van der Waals surface area contributed by atoms with Crippen LogP contribution in [0.1, 0.15) is 17.3 Å². The van der Waals surface area contributed by atoms with E-state index in [4.69, 9.17) is 22.1 Å². The summed E-state index contributed by atoms with van der Waals surface area (Å²) in [4.78, 5) is 4.29. The first kappa shape index (κ1) is 13.3. The first-order valence-electron chi connectivity index (χ1n) is 5.33. The average molecular weight is 328 g/mol. The molecular formula is C13H12BrClN2O. The van der Waals surface area contributed by atoms with E-state index in [-0.39, 0.29) is 6.04 Å². The van der Waals surface area contributed by atoms with Crippen LogP contribution in [0.3, 0.4) is 0 Å². The quantitative estimate of drug-likeness (QED) is 0.938. The number of nitrogens with two attached hydrogens (primary N) is 1. The van der Waals surface area contributed by atoms with Gasteiger partial charge in [-0.05, 0) is 29.8 Å². The predicted octanol–water partition coefficient (Wildman–Crippen LogP) is 3.55. The number of rotatable bonds is 3. The molecule has 0 bridgehead atoms. The van der Waals surface area contributed by atoms with Crippen LogP contribution in [0, 0.1) is 0 Å². The molecule has 1 aromatic carbocycles. The van der Waals surface area contributed by atoms with Gasteiger partial charge in [-0.2, -0.15) is 0 Å². The SMILES string of the molecule is COc1cccnc1C(N)c1ccc(Cl)cc1Br. The fourth-order valence-corrected chi connectivity index (χ4v) is 2.64. The van der Waals surface area contributed by atoms with Crippen molar-refractivity contribution in [1.29, 1.82) is 0 Å². The largest absolute Gasteiger partial charge is 0.495 e. The van der Waals surface area contributed by atoms with Gasteiger partial charge in [0.25, 0.3) is 0 Å². The van der Waals surface area contributed by atoms with Gasteiger partial charge in [0.2, 0.25) is 0 Å². The molecule has 0 aliphatic heterocycles. The van der Waals surface area contributed by atoms with Crippen LogP contribution in [0.5, 0.6) is 5.75 Å². The van der Waals surface area contributed by atoms with Crippen LogP contribution in [-0.2, 0) is 0 Å². The number of nitrogens with zero attached hydrogens (tertiary/aromatic N) is 1. The second kappa shape index (κ2) is 5.69. The number of ether oxygens (including phenoxy) is 1. The Hall–Kier alpha value is -1.10. The standard InChI is InChI=1S/C13H12BrClN2O/c1-18-11-3-2-6-17-13(11)12(16)9-5-4-8(15)7-10(9)14/h2-7,12H,16H2,1H3. The second-order valence-electron chi connectivity index (χ2n) is 3.73. The van der Waals surface area contributed by atoms with Crippen LogP contribution in [0.4, 0.5) is 0 Å². The topological polar surface area (TPSA) is 48.1 Å². The molecule has 0 aliphatic rings. The van der Waals surface area contributed by atoms with E-state index < -0.39 is 0 Å². The lowest BCUT2D eigenvalue weighted by molar-refractivity contribution is 0.404. The highest BCUT2D eigenvalue weighted by molar-refractivity contribution is 9.10. The maximum atomic E-state index is 6.23. The molecule has 2 rings (SSSR count). The van der Waals surface area contributed by atoms with Gasteiger partial charge in [-0.25, -0.2) is 0 Å². The van der Waals surface area contributed by atoms with Gasteiger partial charge < -0.3 is 10.5 Å². The molecule has 0 amide bonds. The summed E-state index contributed by atoms with van der Waals surface area (Å²) in [5.74, 6) is 0.673. The van der Waals surface area contributed by atoms with Crippen molar-refractivity contribution in [3.8, 4) is 5.75 Å². The molecule has 18 heavy (non-hydrogen) atoms. The van der Waals surface area contributed by atoms with Crippen molar-refractivity contribution in [2.24, 2.45) is 5.73 Å². The molecule has 1 atom stereocenters. The Morgan fingerprint density at radius 2 is 2.17 bits per heavy atom. The third kappa shape index (κ3) is 2.66. The predicted molar refractivity (Wildman–Crippen MR) is 76.0 cm³/mol. The van der Waals surface area contributed by atoms with E-state index in [1.807, 2.05) is 24.3 Å². The van der Waals surface area contributed by atoms with E-state index in [0.29, 0.717) is 16.5 Å². The average Bonchev–Trinajstić information content (AvgIpc) is 2.38. The van der Waals surface area contributed by atoms with E-state index in [2.05, 4.69) is 20.9 Å². The summed E-state index contributed by atoms with van der Waals surface area (Å²) in [7, 11) is 1.60. The molecule has 2 N–H and O–H groups in total. The summed E-state index contributed by atoms with van der Waals surface area (Å²) >= 11 is 9.37. The Morgan fingerprint density at radius 1 is 1.39 bits per heavy atom. The molecule has 0 radical (unpaired) electrons. The van der Waals surface area contributed by atoms with Crippen LogP contribution in [0.15, 0.2) is 41.0 Å². The Bertz CT molecular complexity index is 562. The molecule has 0 saturated heterocycles. The minimum atomic E-state index is -0.368. The highest BCUT2D eigenvalue weighted by Gasteiger charge is 2.17. The van der Waals surface area contributed by atoms with Crippen LogP contribution in [0.25, 0.3) is 0 Å². The first-order valence-corrected chi connectivity index (χ1v) is 6.50. The fourth-order valence-electron chi connectivity index (χ4n) is 1.71. The second-order valence-corrected chi connectivity index (χ2v) is 5.03. The van der Waals surface area contributed by atoms with E-state index in [1.54, 1.807) is 19.4 Å². The third-order valence-electron chi connectivity index (χ3n) is 2.61. The Morgan fingerprint density at radius 3 is 2.83 bits per heavy atom. The molecule has 5 heteroatoms. The molecular weight excluding hydrogens is 316 g/mol. The smallest absolute Gasteiger partial charge is 0.142 e. The van der Waals surface area contributed by atoms with Gasteiger partial charge >= 0.3 is 0 Å². The highest BCUT2D eigenvalue weighted by atomic mass is 79.9. The maximum absolute atomic E-state index is 6.23. The maximum Gasteiger partial charge on any atom is 0.142 e. The number of hydrogen-bond acceptors (Lipinski definition) is 3. The molecule has 94 valence electrons. The van der Waals surface area contributed by atoms with Crippen molar-refractivity contribution < 1.29 is 4.74 Å². The summed E-state index contributed by atoms with van der Waals surface area (Å²) in [6, 6.07) is 8.78. The van der Waals surface area contributed by atoms with Crippen molar-refractivity contribution in [3.63, 3.8) is 0 Å². The van der Waals surface area contributed by atoms with Crippen molar-refractivity contribution >= 4 is 27.5 Å². The zero-order valence-electron chi connectivity index (χ0n) is 9.73. The zero-order valence-corrected chi connectivity index (χ0v) is 12.1. The van der Waals surface area contributed by atoms with Gasteiger partial charge in [0.15, 0.2) is 0 Å². The molecule has 3 nitrogen and oxygen atoms in total. The molecule has 1 heterocycles. The Kier molecular flexibility index (Phi) is 4.22. The normalized spacial score (nSPS) is 12.2. The molecule has 0 aliphatic carbocycles. The van der Waals surface area contributed by atoms with Gasteiger partial charge in [0.1, 0.15) is 11.4 Å². The lowest BCUT2D eigenvalue weighted by atomic mass is 10.0. The van der Waals surface area contributed by atoms with Gasteiger partial charge in [-0.3, -0.25) is 4.98 Å². The van der Waals surface area contributed by atoms with Crippen molar-refractivity contribution in [1.82, 2.24) is 4.98 Å². The number of pyridine rings is 1. The van der Waals surface area contributed by atoms with E-state index in [9.17, 15) is 0 Å². The summed E-state index contributed by atoms with van der Waals surface area (Å²) in [5.41, 5.74) is 7.84. The number of methoxy groups -OCH3 is 1.